The number of hydrogen-bond donors (Lipinski definition) is 3. The van der Waals surface area contributed by atoms with Gasteiger partial charge in [-0.05, 0) is 63.9 Å². The van der Waals surface area contributed by atoms with Crippen molar-refractivity contribution in [3.63, 3.8) is 0 Å². The number of piperidine rings is 1. The third kappa shape index (κ3) is 3.48. The molecule has 1 unspecified atom stereocenters. The number of aromatic nitrogens is 1. The molecular formula is C15H27N5. The summed E-state index contributed by atoms with van der Waals surface area (Å²) in [5.74, 6) is 6.39. The van der Waals surface area contributed by atoms with Crippen LogP contribution in [-0.2, 0) is 6.42 Å². The zero-order chi connectivity index (χ0) is 14.6. The number of anilines is 1. The second kappa shape index (κ2) is 6.52. The van der Waals surface area contributed by atoms with Gasteiger partial charge in [-0.1, -0.05) is 6.42 Å². The first kappa shape index (κ1) is 15.2. The minimum Gasteiger partial charge on any atom is -0.384 e. The van der Waals surface area contributed by atoms with Gasteiger partial charge in [0.1, 0.15) is 5.82 Å². The average Bonchev–Trinajstić information content (AvgIpc) is 2.45. The molecule has 5 nitrogen and oxygen atoms in total. The molecule has 1 aromatic heterocycles. The fraction of sp³-hybridized carbons (Fsp3) is 0.667. The van der Waals surface area contributed by atoms with Crippen LogP contribution in [0.25, 0.3) is 0 Å². The van der Waals surface area contributed by atoms with E-state index in [4.69, 9.17) is 11.6 Å². The lowest BCUT2D eigenvalue weighted by molar-refractivity contribution is 0.0611. The summed E-state index contributed by atoms with van der Waals surface area (Å²) in [6, 6.07) is 4.12. The number of rotatable bonds is 5. The van der Waals surface area contributed by atoms with Crippen molar-refractivity contribution in [3.05, 3.63) is 23.9 Å². The third-order valence-corrected chi connectivity index (χ3v) is 4.51. The highest BCUT2D eigenvalue weighted by atomic mass is 15.3. The van der Waals surface area contributed by atoms with Gasteiger partial charge < -0.3 is 5.73 Å². The number of nitrogens with zero attached hydrogens (tertiary/aromatic N) is 2. The minimum atomic E-state index is 0.0210. The van der Waals surface area contributed by atoms with Crippen molar-refractivity contribution in [2.24, 2.45) is 5.84 Å². The Hall–Kier alpha value is -1.17. The molecule has 2 rings (SSSR count). The predicted molar refractivity (Wildman–Crippen MR) is 83.0 cm³/mol. The van der Waals surface area contributed by atoms with E-state index in [1.807, 2.05) is 12.1 Å². The van der Waals surface area contributed by atoms with Gasteiger partial charge >= 0.3 is 0 Å². The van der Waals surface area contributed by atoms with Crippen LogP contribution in [0.15, 0.2) is 18.3 Å². The fourth-order valence-corrected chi connectivity index (χ4v) is 3.06. The van der Waals surface area contributed by atoms with Gasteiger partial charge in [-0.15, -0.1) is 0 Å². The Morgan fingerprint density at radius 2 is 2.05 bits per heavy atom. The second-order valence-electron chi connectivity index (χ2n) is 6.21. The Balaban J connectivity index is 2.09. The molecule has 1 atom stereocenters. The van der Waals surface area contributed by atoms with Crippen molar-refractivity contribution >= 4 is 5.82 Å². The number of likely N-dealkylation sites (tertiary alicyclic amines) is 1. The summed E-state index contributed by atoms with van der Waals surface area (Å²) in [5.41, 5.74) is 9.95. The van der Waals surface area contributed by atoms with Crippen LogP contribution in [0.4, 0.5) is 5.82 Å². The largest absolute Gasteiger partial charge is 0.384 e. The Labute approximate surface area is 121 Å². The first-order chi connectivity index (χ1) is 9.54. The van der Waals surface area contributed by atoms with E-state index in [0.29, 0.717) is 5.82 Å². The van der Waals surface area contributed by atoms with E-state index >= 15 is 0 Å². The first-order valence-corrected chi connectivity index (χ1v) is 7.45. The molecule has 1 aromatic rings. The molecule has 0 spiro atoms. The number of nitrogen functional groups attached to an aromatic ring is 1. The van der Waals surface area contributed by atoms with Gasteiger partial charge in [0, 0.05) is 17.8 Å². The van der Waals surface area contributed by atoms with E-state index in [2.05, 4.69) is 29.2 Å². The summed E-state index contributed by atoms with van der Waals surface area (Å²) >= 11 is 0. The molecule has 1 aliphatic heterocycles. The maximum absolute atomic E-state index is 5.83. The van der Waals surface area contributed by atoms with E-state index in [9.17, 15) is 0 Å². The van der Waals surface area contributed by atoms with Gasteiger partial charge in [-0.2, -0.15) is 0 Å². The minimum absolute atomic E-state index is 0.0210. The van der Waals surface area contributed by atoms with Gasteiger partial charge in [0.2, 0.25) is 0 Å². The summed E-state index contributed by atoms with van der Waals surface area (Å²) in [6.07, 6.45) is 6.51. The molecule has 0 aliphatic carbocycles. The molecule has 0 saturated carbocycles. The van der Waals surface area contributed by atoms with Gasteiger partial charge in [0.15, 0.2) is 0 Å². The molecule has 1 aliphatic rings. The van der Waals surface area contributed by atoms with E-state index in [1.54, 1.807) is 6.20 Å². The summed E-state index contributed by atoms with van der Waals surface area (Å²) in [4.78, 5) is 6.59. The Bertz CT molecular complexity index is 426. The van der Waals surface area contributed by atoms with Crippen LogP contribution in [-0.4, -0.2) is 34.6 Å². The molecule has 2 heterocycles. The van der Waals surface area contributed by atoms with Crippen LogP contribution >= 0.6 is 0 Å². The molecular weight excluding hydrogens is 250 g/mol. The third-order valence-electron chi connectivity index (χ3n) is 4.51. The lowest BCUT2D eigenvalue weighted by Gasteiger charge is -2.45. The highest BCUT2D eigenvalue weighted by molar-refractivity contribution is 5.32. The zero-order valence-electron chi connectivity index (χ0n) is 12.6. The number of nitrogens with one attached hydrogen (secondary N) is 1. The SMILES string of the molecule is CC(C)(C(Cc1ccnc(N)c1)NN)N1CCCCC1. The lowest BCUT2D eigenvalue weighted by Crippen LogP contribution is -2.61. The highest BCUT2D eigenvalue weighted by Crippen LogP contribution is 2.25. The molecule has 20 heavy (non-hydrogen) atoms. The normalized spacial score (nSPS) is 18.9. The Kier molecular flexibility index (Phi) is 4.96. The summed E-state index contributed by atoms with van der Waals surface area (Å²) in [7, 11) is 0. The van der Waals surface area contributed by atoms with Crippen LogP contribution < -0.4 is 17.0 Å². The summed E-state index contributed by atoms with van der Waals surface area (Å²) in [5, 5.41) is 0. The van der Waals surface area contributed by atoms with Crippen molar-refractivity contribution in [1.82, 2.24) is 15.3 Å². The second-order valence-corrected chi connectivity index (χ2v) is 6.21. The molecule has 1 saturated heterocycles. The van der Waals surface area contributed by atoms with Crippen molar-refractivity contribution in [2.45, 2.75) is 51.1 Å². The molecule has 112 valence electrons. The van der Waals surface area contributed by atoms with Crippen LogP contribution in [0.1, 0.15) is 38.7 Å². The summed E-state index contributed by atoms with van der Waals surface area (Å²) in [6.45, 7) is 6.86. The van der Waals surface area contributed by atoms with Crippen molar-refractivity contribution in [1.29, 1.82) is 0 Å². The van der Waals surface area contributed by atoms with Crippen molar-refractivity contribution < 1.29 is 0 Å². The van der Waals surface area contributed by atoms with Crippen LogP contribution in [0.2, 0.25) is 0 Å². The highest BCUT2D eigenvalue weighted by Gasteiger charge is 2.35. The topological polar surface area (TPSA) is 80.2 Å². The average molecular weight is 277 g/mol. The number of pyridine rings is 1. The molecule has 5 heteroatoms. The number of hydrazine groups is 1. The van der Waals surface area contributed by atoms with Gasteiger partial charge in [0.05, 0.1) is 0 Å². The van der Waals surface area contributed by atoms with Gasteiger partial charge in [-0.25, -0.2) is 4.98 Å². The molecule has 5 N–H and O–H groups in total. The number of nitrogens with two attached hydrogens (primary N) is 2. The molecule has 0 radical (unpaired) electrons. The quantitative estimate of drug-likeness (QED) is 0.558. The maximum Gasteiger partial charge on any atom is 0.123 e. The van der Waals surface area contributed by atoms with Crippen molar-refractivity contribution in [2.75, 3.05) is 18.8 Å². The van der Waals surface area contributed by atoms with Crippen LogP contribution in [0.3, 0.4) is 0 Å². The molecule has 0 bridgehead atoms. The van der Waals surface area contributed by atoms with Gasteiger partial charge in [0.25, 0.3) is 0 Å². The fourth-order valence-electron chi connectivity index (χ4n) is 3.06. The Morgan fingerprint density at radius 3 is 2.65 bits per heavy atom. The number of hydrogen-bond acceptors (Lipinski definition) is 5. The maximum atomic E-state index is 5.83. The molecule has 0 amide bonds. The van der Waals surface area contributed by atoms with E-state index in [0.717, 1.165) is 19.5 Å². The Morgan fingerprint density at radius 1 is 1.35 bits per heavy atom. The van der Waals surface area contributed by atoms with Crippen molar-refractivity contribution in [3.8, 4) is 0 Å². The first-order valence-electron chi connectivity index (χ1n) is 7.45. The van der Waals surface area contributed by atoms with Crippen LogP contribution in [0.5, 0.6) is 0 Å². The predicted octanol–water partition coefficient (Wildman–Crippen LogP) is 1.30. The van der Waals surface area contributed by atoms with E-state index in [1.165, 1.54) is 24.8 Å². The van der Waals surface area contributed by atoms with E-state index in [-0.39, 0.29) is 11.6 Å². The standard InChI is InChI=1S/C15H27N5/c1-15(2,20-8-4-3-5-9-20)13(19-17)10-12-6-7-18-14(16)11-12/h6-7,11,13,19H,3-5,8-10,17H2,1-2H3,(H2,16,18). The lowest BCUT2D eigenvalue weighted by atomic mass is 9.86. The summed E-state index contributed by atoms with van der Waals surface area (Å²) < 4.78 is 0. The van der Waals surface area contributed by atoms with Crippen LogP contribution in [0, 0.1) is 0 Å². The molecule has 1 fully saturated rings. The molecule has 0 aromatic carbocycles. The zero-order valence-corrected chi connectivity index (χ0v) is 12.6. The smallest absolute Gasteiger partial charge is 0.123 e. The van der Waals surface area contributed by atoms with Gasteiger partial charge in [-0.3, -0.25) is 16.2 Å². The van der Waals surface area contributed by atoms with E-state index < -0.39 is 0 Å². The monoisotopic (exact) mass is 277 g/mol.